The van der Waals surface area contributed by atoms with Gasteiger partial charge in [-0.1, -0.05) is 38.1 Å². The van der Waals surface area contributed by atoms with Gasteiger partial charge in [0.05, 0.1) is 18.8 Å². The molecule has 30 heavy (non-hydrogen) atoms. The summed E-state index contributed by atoms with van der Waals surface area (Å²) in [7, 11) is 1.58. The first-order chi connectivity index (χ1) is 14.1. The molecule has 6 nitrogen and oxygen atoms in total. The molecule has 2 amide bonds. The van der Waals surface area contributed by atoms with E-state index in [0.29, 0.717) is 17.0 Å². The monoisotopic (exact) mass is 427 g/mol. The molecular weight excluding hydrogens is 398 g/mol. The van der Waals surface area contributed by atoms with Gasteiger partial charge in [0.2, 0.25) is 11.8 Å². The van der Waals surface area contributed by atoms with Crippen LogP contribution in [0.5, 0.6) is 5.75 Å². The average molecular weight is 428 g/mol. The molecule has 1 heterocycles. The Balaban J connectivity index is 2.36. The van der Waals surface area contributed by atoms with Crippen molar-refractivity contribution in [2.45, 2.75) is 48.9 Å². The number of nitrogens with two attached hydrogens (primary N) is 2. The van der Waals surface area contributed by atoms with Crippen molar-refractivity contribution < 1.29 is 14.3 Å². The molecule has 0 aliphatic carbocycles. The number of hydrogen-bond donors (Lipinski definition) is 2. The Bertz CT molecular complexity index is 958. The number of methoxy groups -OCH3 is 1. The van der Waals surface area contributed by atoms with Crippen LogP contribution in [0.3, 0.4) is 0 Å². The summed E-state index contributed by atoms with van der Waals surface area (Å²) in [6.45, 7) is 7.66. The molecule has 4 N–H and O–H groups in total. The van der Waals surface area contributed by atoms with Crippen molar-refractivity contribution in [3.8, 4) is 5.75 Å². The fraction of sp³-hybridized carbons (Fsp3) is 0.391. The number of nitrogens with zero attached hydrogens (tertiary/aromatic N) is 1. The van der Waals surface area contributed by atoms with Gasteiger partial charge in [-0.15, -0.1) is 11.8 Å². The zero-order chi connectivity index (χ0) is 22.3. The molecule has 2 aromatic rings. The summed E-state index contributed by atoms with van der Waals surface area (Å²) in [5.41, 5.74) is 12.4. The maximum atomic E-state index is 13.8. The van der Waals surface area contributed by atoms with Crippen LogP contribution in [0, 0.1) is 5.92 Å². The number of amides is 2. The molecule has 3 rings (SSSR count). The van der Waals surface area contributed by atoms with E-state index in [1.807, 2.05) is 52.0 Å². The Morgan fingerprint density at radius 1 is 1.17 bits per heavy atom. The minimum Gasteiger partial charge on any atom is -0.497 e. The maximum absolute atomic E-state index is 13.8. The molecule has 2 aromatic carbocycles. The minimum atomic E-state index is -1.42. The van der Waals surface area contributed by atoms with Crippen molar-refractivity contribution in [3.05, 3.63) is 54.1 Å². The van der Waals surface area contributed by atoms with Crippen molar-refractivity contribution in [2.24, 2.45) is 17.4 Å². The van der Waals surface area contributed by atoms with Crippen LogP contribution in [-0.2, 0) is 15.1 Å². The van der Waals surface area contributed by atoms with Gasteiger partial charge in [-0.3, -0.25) is 14.5 Å². The third-order valence-corrected chi connectivity index (χ3v) is 7.15. The molecular formula is C23H29N3O3S. The van der Waals surface area contributed by atoms with E-state index in [4.69, 9.17) is 16.2 Å². The van der Waals surface area contributed by atoms with Crippen LogP contribution in [0.1, 0.15) is 33.3 Å². The number of anilines is 1. The second-order valence-corrected chi connectivity index (χ2v) is 10.0. The molecule has 0 bridgehead atoms. The highest BCUT2D eigenvalue weighted by Crippen LogP contribution is 2.49. The van der Waals surface area contributed by atoms with E-state index in [-0.39, 0.29) is 11.8 Å². The lowest BCUT2D eigenvalue weighted by atomic mass is 9.76. The lowest BCUT2D eigenvalue weighted by Gasteiger charge is -2.45. The fourth-order valence-electron chi connectivity index (χ4n) is 4.10. The highest BCUT2D eigenvalue weighted by molar-refractivity contribution is 8.01. The number of para-hydroxylation sites is 1. The third kappa shape index (κ3) is 3.36. The summed E-state index contributed by atoms with van der Waals surface area (Å²) in [5, 5.41) is 0. The summed E-state index contributed by atoms with van der Waals surface area (Å²) < 4.78 is 4.70. The van der Waals surface area contributed by atoms with E-state index in [2.05, 4.69) is 0 Å². The first-order valence-electron chi connectivity index (χ1n) is 9.89. The van der Waals surface area contributed by atoms with E-state index in [0.717, 1.165) is 4.90 Å². The second kappa shape index (κ2) is 7.96. The third-order valence-electron chi connectivity index (χ3n) is 5.81. The van der Waals surface area contributed by atoms with Gasteiger partial charge < -0.3 is 16.2 Å². The standard InChI is InChI=1S/C23H29N3O3S/c1-14(2)23(21(25)28,15-10-12-16(29-5)13-11-15)26-17-8-6-7-9-18(17)30-22(3,4)19(24)20(26)27/h6-14,19H,24H2,1-5H3,(H2,25,28). The zero-order valence-corrected chi connectivity index (χ0v) is 18.8. The molecule has 7 heteroatoms. The highest BCUT2D eigenvalue weighted by atomic mass is 32.2. The quantitative estimate of drug-likeness (QED) is 0.763. The largest absolute Gasteiger partial charge is 0.497 e. The van der Waals surface area contributed by atoms with Gasteiger partial charge in [0.25, 0.3) is 0 Å². The Labute approximate surface area is 181 Å². The molecule has 0 fully saturated rings. The molecule has 0 spiro atoms. The van der Waals surface area contributed by atoms with Crippen molar-refractivity contribution in [1.29, 1.82) is 0 Å². The van der Waals surface area contributed by atoms with Gasteiger partial charge in [0.1, 0.15) is 5.75 Å². The van der Waals surface area contributed by atoms with Crippen LogP contribution in [0.2, 0.25) is 0 Å². The Morgan fingerprint density at radius 2 is 1.77 bits per heavy atom. The molecule has 0 saturated carbocycles. The normalized spacial score (nSPS) is 20.3. The molecule has 0 aromatic heterocycles. The van der Waals surface area contributed by atoms with Crippen LogP contribution in [0.25, 0.3) is 0 Å². The van der Waals surface area contributed by atoms with E-state index < -0.39 is 22.2 Å². The van der Waals surface area contributed by atoms with Gasteiger partial charge in [0, 0.05) is 9.64 Å². The topological polar surface area (TPSA) is 98.6 Å². The summed E-state index contributed by atoms with van der Waals surface area (Å²) >= 11 is 1.53. The van der Waals surface area contributed by atoms with E-state index in [9.17, 15) is 9.59 Å². The predicted octanol–water partition coefficient (Wildman–Crippen LogP) is 3.28. The molecule has 1 aliphatic heterocycles. The number of ether oxygens (including phenoxy) is 1. The number of benzene rings is 2. The number of primary amides is 1. The highest BCUT2D eigenvalue weighted by Gasteiger charge is 2.54. The van der Waals surface area contributed by atoms with Crippen LogP contribution in [0.4, 0.5) is 5.69 Å². The van der Waals surface area contributed by atoms with Crippen molar-refractivity contribution in [1.82, 2.24) is 0 Å². The van der Waals surface area contributed by atoms with Crippen LogP contribution in [-0.4, -0.2) is 29.7 Å². The van der Waals surface area contributed by atoms with Crippen LogP contribution < -0.4 is 21.1 Å². The van der Waals surface area contributed by atoms with Crippen molar-refractivity contribution >= 4 is 29.3 Å². The number of carbonyl (C=O) groups excluding carboxylic acids is 2. The van der Waals surface area contributed by atoms with Gasteiger partial charge in [-0.25, -0.2) is 0 Å². The number of rotatable bonds is 5. The number of fused-ring (bicyclic) bond motifs is 1. The smallest absolute Gasteiger partial charge is 0.248 e. The van der Waals surface area contributed by atoms with Crippen molar-refractivity contribution in [2.75, 3.05) is 12.0 Å². The lowest BCUT2D eigenvalue weighted by Crippen LogP contribution is -2.65. The van der Waals surface area contributed by atoms with E-state index in [1.165, 1.54) is 16.7 Å². The molecule has 2 atom stereocenters. The zero-order valence-electron chi connectivity index (χ0n) is 18.0. The molecule has 160 valence electrons. The van der Waals surface area contributed by atoms with Crippen LogP contribution in [0.15, 0.2) is 53.4 Å². The van der Waals surface area contributed by atoms with Crippen LogP contribution >= 0.6 is 11.8 Å². The molecule has 1 aliphatic rings. The molecule has 0 saturated heterocycles. The molecule has 2 unspecified atom stereocenters. The number of thioether (sulfide) groups is 1. The summed E-state index contributed by atoms with van der Waals surface area (Å²) in [6.07, 6.45) is 0. The minimum absolute atomic E-state index is 0.321. The second-order valence-electron chi connectivity index (χ2n) is 8.34. The maximum Gasteiger partial charge on any atom is 0.248 e. The molecule has 0 radical (unpaired) electrons. The number of carbonyl (C=O) groups is 2. The van der Waals surface area contributed by atoms with Gasteiger partial charge in [-0.2, -0.15) is 0 Å². The van der Waals surface area contributed by atoms with Gasteiger partial charge in [-0.05, 0) is 49.6 Å². The van der Waals surface area contributed by atoms with Gasteiger partial charge in [0.15, 0.2) is 5.54 Å². The van der Waals surface area contributed by atoms with Gasteiger partial charge >= 0.3 is 0 Å². The fourth-order valence-corrected chi connectivity index (χ4v) is 5.30. The lowest BCUT2D eigenvalue weighted by molar-refractivity contribution is -0.131. The summed E-state index contributed by atoms with van der Waals surface area (Å²) in [6, 6.07) is 13.8. The Morgan fingerprint density at radius 3 is 2.30 bits per heavy atom. The predicted molar refractivity (Wildman–Crippen MR) is 121 cm³/mol. The summed E-state index contributed by atoms with van der Waals surface area (Å²) in [4.78, 5) is 29.4. The van der Waals surface area contributed by atoms with E-state index in [1.54, 1.807) is 31.4 Å². The Kier molecular flexibility index (Phi) is 5.89. The average Bonchev–Trinajstić information content (AvgIpc) is 2.77. The SMILES string of the molecule is COc1ccc(C(C(N)=O)(C(C)C)N2C(=O)C(N)C(C)(C)Sc3ccccc32)cc1. The first-order valence-corrected chi connectivity index (χ1v) is 10.7. The Hall–Kier alpha value is -2.51. The number of hydrogen-bond acceptors (Lipinski definition) is 5. The van der Waals surface area contributed by atoms with E-state index >= 15 is 0 Å². The first kappa shape index (κ1) is 22.2. The van der Waals surface area contributed by atoms with Crippen molar-refractivity contribution in [3.63, 3.8) is 0 Å². The summed E-state index contributed by atoms with van der Waals surface area (Å²) in [5.74, 6) is -0.612.